The van der Waals surface area contributed by atoms with E-state index in [0.29, 0.717) is 0 Å². The van der Waals surface area contributed by atoms with Gasteiger partial charge < -0.3 is 19.5 Å². The fraction of sp³-hybridized carbons (Fsp3) is 0.412. The molecule has 2 aromatic rings. The first-order valence-electron chi connectivity index (χ1n) is 7.67. The van der Waals surface area contributed by atoms with Crippen molar-refractivity contribution in [1.82, 2.24) is 4.57 Å². The Labute approximate surface area is 126 Å². The van der Waals surface area contributed by atoms with Crippen LogP contribution < -0.4 is 10.2 Å². The highest BCUT2D eigenvalue weighted by atomic mass is 16.5. The average Bonchev–Trinajstić information content (AvgIpc) is 3.02. The second-order valence-corrected chi connectivity index (χ2v) is 5.32. The Kier molecular flexibility index (Phi) is 4.46. The van der Waals surface area contributed by atoms with Crippen LogP contribution in [0, 0.1) is 0 Å². The van der Waals surface area contributed by atoms with Crippen molar-refractivity contribution in [2.45, 2.75) is 20.0 Å². The molecule has 3 rings (SSSR count). The molecule has 0 aliphatic carbocycles. The SMILES string of the molecule is CCn1ccc(CNc2ccccc2N2CCOCC2)c1. The number of ether oxygens (including phenoxy) is 1. The normalized spacial score (nSPS) is 15.2. The van der Waals surface area contributed by atoms with Gasteiger partial charge in [-0.1, -0.05) is 12.1 Å². The minimum absolute atomic E-state index is 0.813. The van der Waals surface area contributed by atoms with Gasteiger partial charge in [-0.3, -0.25) is 0 Å². The Bertz CT molecular complexity index is 573. The lowest BCUT2D eigenvalue weighted by atomic mass is 10.2. The summed E-state index contributed by atoms with van der Waals surface area (Å²) >= 11 is 0. The predicted molar refractivity (Wildman–Crippen MR) is 86.9 cm³/mol. The summed E-state index contributed by atoms with van der Waals surface area (Å²) in [7, 11) is 0. The fourth-order valence-electron chi connectivity index (χ4n) is 2.69. The van der Waals surface area contributed by atoms with Crippen molar-refractivity contribution in [3.8, 4) is 0 Å². The van der Waals surface area contributed by atoms with Crippen molar-refractivity contribution in [2.24, 2.45) is 0 Å². The molecule has 4 nitrogen and oxygen atoms in total. The molecule has 1 aromatic carbocycles. The summed E-state index contributed by atoms with van der Waals surface area (Å²) in [6.07, 6.45) is 4.33. The highest BCUT2D eigenvalue weighted by Crippen LogP contribution is 2.26. The summed E-state index contributed by atoms with van der Waals surface area (Å²) in [4.78, 5) is 2.39. The van der Waals surface area contributed by atoms with Gasteiger partial charge in [-0.05, 0) is 30.7 Å². The molecule has 0 atom stereocenters. The van der Waals surface area contributed by atoms with Crippen LogP contribution in [0.15, 0.2) is 42.7 Å². The number of aromatic nitrogens is 1. The maximum atomic E-state index is 5.44. The van der Waals surface area contributed by atoms with E-state index >= 15 is 0 Å². The lowest BCUT2D eigenvalue weighted by Crippen LogP contribution is -2.36. The molecule has 1 aromatic heterocycles. The summed E-state index contributed by atoms with van der Waals surface area (Å²) in [6.45, 7) is 7.58. The molecule has 2 heterocycles. The molecular weight excluding hydrogens is 262 g/mol. The van der Waals surface area contributed by atoms with Gasteiger partial charge in [0, 0.05) is 38.6 Å². The Balaban J connectivity index is 1.69. The Hall–Kier alpha value is -1.94. The van der Waals surface area contributed by atoms with Crippen molar-refractivity contribution in [1.29, 1.82) is 0 Å². The first-order valence-corrected chi connectivity index (χ1v) is 7.67. The van der Waals surface area contributed by atoms with Crippen molar-refractivity contribution < 1.29 is 4.74 Å². The van der Waals surface area contributed by atoms with E-state index in [1.165, 1.54) is 16.9 Å². The number of hydrogen-bond acceptors (Lipinski definition) is 3. The van der Waals surface area contributed by atoms with Crippen LogP contribution in [0.2, 0.25) is 0 Å². The molecule has 1 aliphatic heterocycles. The second kappa shape index (κ2) is 6.68. The maximum absolute atomic E-state index is 5.44. The molecule has 0 radical (unpaired) electrons. The van der Waals surface area contributed by atoms with Crippen LogP contribution in [0.3, 0.4) is 0 Å². The molecule has 1 aliphatic rings. The zero-order valence-electron chi connectivity index (χ0n) is 12.6. The van der Waals surface area contributed by atoms with Crippen LogP contribution in [-0.2, 0) is 17.8 Å². The fourth-order valence-corrected chi connectivity index (χ4v) is 2.69. The van der Waals surface area contributed by atoms with Crippen LogP contribution in [0.5, 0.6) is 0 Å². The molecule has 1 saturated heterocycles. The number of nitrogens with zero attached hydrogens (tertiary/aromatic N) is 2. The number of rotatable bonds is 5. The summed E-state index contributed by atoms with van der Waals surface area (Å²) in [5, 5.41) is 3.57. The second-order valence-electron chi connectivity index (χ2n) is 5.32. The van der Waals surface area contributed by atoms with E-state index in [4.69, 9.17) is 4.74 Å². The first kappa shape index (κ1) is 14.0. The quantitative estimate of drug-likeness (QED) is 0.916. The van der Waals surface area contributed by atoms with Gasteiger partial charge in [-0.15, -0.1) is 0 Å². The van der Waals surface area contributed by atoms with Crippen LogP contribution in [0.25, 0.3) is 0 Å². The molecule has 1 N–H and O–H groups in total. The van der Waals surface area contributed by atoms with Gasteiger partial charge in [0.05, 0.1) is 24.6 Å². The molecule has 0 spiro atoms. The number of nitrogens with one attached hydrogen (secondary N) is 1. The van der Waals surface area contributed by atoms with E-state index in [0.717, 1.165) is 39.4 Å². The summed E-state index contributed by atoms with van der Waals surface area (Å²) in [6, 6.07) is 10.7. The van der Waals surface area contributed by atoms with Crippen LogP contribution in [0.4, 0.5) is 11.4 Å². The number of para-hydroxylation sites is 2. The number of morpholine rings is 1. The lowest BCUT2D eigenvalue weighted by molar-refractivity contribution is 0.123. The smallest absolute Gasteiger partial charge is 0.0642 e. The molecule has 0 saturated carbocycles. The minimum Gasteiger partial charge on any atom is -0.379 e. The minimum atomic E-state index is 0.813. The average molecular weight is 285 g/mol. The van der Waals surface area contributed by atoms with Crippen molar-refractivity contribution in [3.63, 3.8) is 0 Å². The van der Waals surface area contributed by atoms with Crippen molar-refractivity contribution in [2.75, 3.05) is 36.5 Å². The summed E-state index contributed by atoms with van der Waals surface area (Å²) < 4.78 is 7.64. The van der Waals surface area contributed by atoms with Crippen LogP contribution in [0.1, 0.15) is 12.5 Å². The Morgan fingerprint density at radius 3 is 2.71 bits per heavy atom. The molecule has 0 unspecified atom stereocenters. The number of hydrogen-bond donors (Lipinski definition) is 1. The van der Waals surface area contributed by atoms with Gasteiger partial charge in [0.15, 0.2) is 0 Å². The third-order valence-corrected chi connectivity index (χ3v) is 3.92. The van der Waals surface area contributed by atoms with E-state index in [-0.39, 0.29) is 0 Å². The lowest BCUT2D eigenvalue weighted by Gasteiger charge is -2.30. The van der Waals surface area contributed by atoms with Gasteiger partial charge in [-0.25, -0.2) is 0 Å². The largest absolute Gasteiger partial charge is 0.379 e. The van der Waals surface area contributed by atoms with Gasteiger partial charge in [0.2, 0.25) is 0 Å². The third-order valence-electron chi connectivity index (χ3n) is 3.92. The summed E-state index contributed by atoms with van der Waals surface area (Å²) in [5.41, 5.74) is 3.79. The zero-order valence-corrected chi connectivity index (χ0v) is 12.6. The first-order chi connectivity index (χ1) is 10.4. The molecule has 0 bridgehead atoms. The number of benzene rings is 1. The van der Waals surface area contributed by atoms with E-state index in [2.05, 4.69) is 64.4 Å². The molecule has 4 heteroatoms. The van der Waals surface area contributed by atoms with Crippen molar-refractivity contribution in [3.05, 3.63) is 48.3 Å². The monoisotopic (exact) mass is 285 g/mol. The molecular formula is C17H23N3O. The van der Waals surface area contributed by atoms with Gasteiger partial charge in [0.25, 0.3) is 0 Å². The topological polar surface area (TPSA) is 29.4 Å². The number of aryl methyl sites for hydroxylation is 1. The van der Waals surface area contributed by atoms with Gasteiger partial charge in [-0.2, -0.15) is 0 Å². The van der Waals surface area contributed by atoms with E-state index < -0.39 is 0 Å². The Morgan fingerprint density at radius 2 is 1.95 bits per heavy atom. The van der Waals surface area contributed by atoms with Crippen LogP contribution >= 0.6 is 0 Å². The third kappa shape index (κ3) is 3.39. The van der Waals surface area contributed by atoms with E-state index in [1.807, 2.05) is 0 Å². The van der Waals surface area contributed by atoms with Crippen molar-refractivity contribution >= 4 is 11.4 Å². The summed E-state index contributed by atoms with van der Waals surface area (Å²) in [5.74, 6) is 0. The molecule has 0 amide bonds. The zero-order chi connectivity index (χ0) is 14.5. The highest BCUT2D eigenvalue weighted by molar-refractivity contribution is 5.70. The number of anilines is 2. The Morgan fingerprint density at radius 1 is 1.14 bits per heavy atom. The van der Waals surface area contributed by atoms with Crippen LogP contribution in [-0.4, -0.2) is 30.9 Å². The van der Waals surface area contributed by atoms with E-state index in [9.17, 15) is 0 Å². The molecule has 1 fully saturated rings. The molecule has 112 valence electrons. The molecule has 21 heavy (non-hydrogen) atoms. The van der Waals surface area contributed by atoms with Gasteiger partial charge >= 0.3 is 0 Å². The van der Waals surface area contributed by atoms with Gasteiger partial charge in [0.1, 0.15) is 0 Å². The van der Waals surface area contributed by atoms with E-state index in [1.54, 1.807) is 0 Å². The predicted octanol–water partition coefficient (Wildman–Crippen LogP) is 2.96. The maximum Gasteiger partial charge on any atom is 0.0642 e. The standard InChI is InChI=1S/C17H23N3O/c1-2-19-8-7-15(14-19)13-18-16-5-3-4-6-17(16)20-9-11-21-12-10-20/h3-8,14,18H,2,9-13H2,1H3. The highest BCUT2D eigenvalue weighted by Gasteiger charge is 2.14.